The van der Waals surface area contributed by atoms with Crippen LogP contribution in [0, 0.1) is 10.1 Å². The molecule has 2 amide bonds. The van der Waals surface area contributed by atoms with Gasteiger partial charge >= 0.3 is 17.8 Å². The summed E-state index contributed by atoms with van der Waals surface area (Å²) in [5.41, 5.74) is 2.30. The molecular weight excluding hydrogens is 480 g/mol. The van der Waals surface area contributed by atoms with Crippen molar-refractivity contribution in [3.63, 3.8) is 0 Å². The Morgan fingerprint density at radius 3 is 2.40 bits per heavy atom. The van der Waals surface area contributed by atoms with Gasteiger partial charge in [-0.1, -0.05) is 23.7 Å². The first-order valence-corrected chi connectivity index (χ1v) is 10.2. The van der Waals surface area contributed by atoms with E-state index in [0.29, 0.717) is 16.3 Å². The summed E-state index contributed by atoms with van der Waals surface area (Å²) in [5, 5.41) is 17.7. The number of hydrazone groups is 1. The van der Waals surface area contributed by atoms with Gasteiger partial charge in [0.1, 0.15) is 5.56 Å². The molecule has 3 rings (SSSR count). The number of para-hydroxylation sites is 1. The van der Waals surface area contributed by atoms with Crippen molar-refractivity contribution in [2.75, 3.05) is 12.4 Å². The lowest BCUT2D eigenvalue weighted by molar-refractivity contribution is -0.385. The van der Waals surface area contributed by atoms with E-state index >= 15 is 0 Å². The Hall–Kier alpha value is -4.77. The molecule has 0 unspecified atom stereocenters. The molecule has 0 saturated heterocycles. The molecule has 12 heteroatoms. The molecule has 0 spiro atoms. The molecule has 2 N–H and O–H groups in total. The third kappa shape index (κ3) is 6.62. The highest BCUT2D eigenvalue weighted by Gasteiger charge is 2.22. The minimum absolute atomic E-state index is 0.0131. The molecule has 0 aliphatic rings. The summed E-state index contributed by atoms with van der Waals surface area (Å²) < 4.78 is 10.5. The van der Waals surface area contributed by atoms with E-state index in [1.165, 1.54) is 67.9 Å². The molecule has 35 heavy (non-hydrogen) atoms. The molecule has 0 radical (unpaired) electrons. The summed E-state index contributed by atoms with van der Waals surface area (Å²) in [5.74, 6) is -2.72. The Kier molecular flexibility index (Phi) is 8.09. The maximum Gasteiger partial charge on any atom is 0.350 e. The molecule has 0 bridgehead atoms. The largest absolute Gasteiger partial charge is 0.493 e. The van der Waals surface area contributed by atoms with Gasteiger partial charge in [0.25, 0.3) is 5.69 Å². The number of methoxy groups -OCH3 is 1. The Balaban J connectivity index is 1.64. The van der Waals surface area contributed by atoms with Crippen molar-refractivity contribution in [3.05, 3.63) is 93.0 Å². The normalized spacial score (nSPS) is 10.5. The maximum atomic E-state index is 12.5. The van der Waals surface area contributed by atoms with Crippen molar-refractivity contribution < 1.29 is 28.8 Å². The molecule has 0 saturated carbocycles. The van der Waals surface area contributed by atoms with Gasteiger partial charge in [0, 0.05) is 16.8 Å². The van der Waals surface area contributed by atoms with Crippen molar-refractivity contribution >= 4 is 47.0 Å². The van der Waals surface area contributed by atoms with E-state index < -0.39 is 28.4 Å². The number of benzene rings is 3. The van der Waals surface area contributed by atoms with Crippen LogP contribution in [0.5, 0.6) is 11.5 Å². The molecule has 11 nitrogen and oxygen atoms in total. The SMILES string of the molecule is COc1cc(C=NNC(=O)C(=O)Nc2ccc(Cl)cc2)ccc1OC(=O)c1ccccc1[N+](=O)[O-]. The lowest BCUT2D eigenvalue weighted by Crippen LogP contribution is -2.32. The van der Waals surface area contributed by atoms with E-state index in [-0.39, 0.29) is 17.1 Å². The molecule has 3 aromatic carbocycles. The molecule has 0 aliphatic carbocycles. The van der Waals surface area contributed by atoms with E-state index in [1.807, 2.05) is 0 Å². The predicted octanol–water partition coefficient (Wildman–Crippen LogP) is 3.56. The van der Waals surface area contributed by atoms with Crippen LogP contribution in [0.4, 0.5) is 11.4 Å². The minimum atomic E-state index is -1.00. The zero-order chi connectivity index (χ0) is 25.4. The number of carbonyl (C=O) groups is 3. The molecular formula is C23H17ClN4O7. The van der Waals surface area contributed by atoms with E-state index in [9.17, 15) is 24.5 Å². The summed E-state index contributed by atoms with van der Waals surface area (Å²) in [6, 6.07) is 15.9. The number of carbonyl (C=O) groups excluding carboxylic acids is 3. The molecule has 0 fully saturated rings. The molecule has 3 aromatic rings. The number of esters is 1. The van der Waals surface area contributed by atoms with E-state index in [2.05, 4.69) is 15.8 Å². The Bertz CT molecular complexity index is 1310. The first-order valence-electron chi connectivity index (χ1n) is 9.82. The lowest BCUT2D eigenvalue weighted by Gasteiger charge is -2.10. The summed E-state index contributed by atoms with van der Waals surface area (Å²) in [4.78, 5) is 46.8. The summed E-state index contributed by atoms with van der Waals surface area (Å²) in [6.07, 6.45) is 1.24. The average Bonchev–Trinajstić information content (AvgIpc) is 2.85. The highest BCUT2D eigenvalue weighted by molar-refractivity contribution is 6.39. The van der Waals surface area contributed by atoms with Crippen LogP contribution in [0.25, 0.3) is 0 Å². The number of rotatable bonds is 7. The number of anilines is 1. The predicted molar refractivity (Wildman–Crippen MR) is 127 cm³/mol. The molecule has 0 atom stereocenters. The third-order valence-electron chi connectivity index (χ3n) is 4.40. The Morgan fingerprint density at radius 2 is 1.71 bits per heavy atom. The fourth-order valence-electron chi connectivity index (χ4n) is 2.75. The first kappa shape index (κ1) is 24.9. The van der Waals surface area contributed by atoms with Crippen LogP contribution in [0.15, 0.2) is 71.8 Å². The van der Waals surface area contributed by atoms with Gasteiger partial charge in [0.2, 0.25) is 0 Å². The topological polar surface area (TPSA) is 149 Å². The Morgan fingerprint density at radius 1 is 1.00 bits per heavy atom. The number of halogens is 1. The number of amides is 2. The number of nitro benzene ring substituents is 1. The van der Waals surface area contributed by atoms with Crippen molar-refractivity contribution in [1.82, 2.24) is 5.43 Å². The smallest absolute Gasteiger partial charge is 0.350 e. The highest BCUT2D eigenvalue weighted by Crippen LogP contribution is 2.29. The van der Waals surface area contributed by atoms with Gasteiger partial charge in [-0.15, -0.1) is 0 Å². The molecule has 0 aromatic heterocycles. The lowest BCUT2D eigenvalue weighted by atomic mass is 10.2. The van der Waals surface area contributed by atoms with E-state index in [1.54, 1.807) is 12.1 Å². The van der Waals surface area contributed by atoms with Gasteiger partial charge < -0.3 is 14.8 Å². The van der Waals surface area contributed by atoms with Crippen LogP contribution in [0.1, 0.15) is 15.9 Å². The van der Waals surface area contributed by atoms with Gasteiger partial charge in [-0.05, 0) is 54.1 Å². The van der Waals surface area contributed by atoms with Crippen molar-refractivity contribution in [1.29, 1.82) is 0 Å². The van der Waals surface area contributed by atoms with Crippen LogP contribution >= 0.6 is 11.6 Å². The van der Waals surface area contributed by atoms with E-state index in [4.69, 9.17) is 21.1 Å². The standard InChI is InChI=1S/C23H17ClN4O7/c1-34-20-12-14(13-25-27-22(30)21(29)26-16-9-7-15(24)8-10-16)6-11-19(20)35-23(31)17-4-2-3-5-18(17)28(32)33/h2-13H,1H3,(H,26,29)(H,27,30). The quantitative estimate of drug-likeness (QED) is 0.127. The number of nitro groups is 1. The van der Waals surface area contributed by atoms with Gasteiger partial charge in [-0.3, -0.25) is 19.7 Å². The maximum absolute atomic E-state index is 12.5. The van der Waals surface area contributed by atoms with Crippen LogP contribution in [-0.2, 0) is 9.59 Å². The van der Waals surface area contributed by atoms with Crippen LogP contribution in [0.2, 0.25) is 5.02 Å². The van der Waals surface area contributed by atoms with Gasteiger partial charge in [0.05, 0.1) is 18.2 Å². The zero-order valence-electron chi connectivity index (χ0n) is 18.1. The number of ether oxygens (including phenoxy) is 2. The average molecular weight is 497 g/mol. The van der Waals surface area contributed by atoms with Crippen LogP contribution in [-0.4, -0.2) is 36.0 Å². The number of hydrogen-bond acceptors (Lipinski definition) is 8. The summed E-state index contributed by atoms with van der Waals surface area (Å²) in [6.45, 7) is 0. The molecule has 0 aliphatic heterocycles. The minimum Gasteiger partial charge on any atom is -0.493 e. The Labute approximate surface area is 203 Å². The van der Waals surface area contributed by atoms with Gasteiger partial charge in [0.15, 0.2) is 11.5 Å². The van der Waals surface area contributed by atoms with Gasteiger partial charge in [-0.25, -0.2) is 10.2 Å². The molecule has 0 heterocycles. The zero-order valence-corrected chi connectivity index (χ0v) is 18.8. The number of nitrogens with zero attached hydrogens (tertiary/aromatic N) is 2. The number of nitrogens with one attached hydrogen (secondary N) is 2. The highest BCUT2D eigenvalue weighted by atomic mass is 35.5. The second-order valence-corrected chi connectivity index (χ2v) is 7.17. The monoisotopic (exact) mass is 496 g/mol. The summed E-state index contributed by atoms with van der Waals surface area (Å²) >= 11 is 5.77. The fourth-order valence-corrected chi connectivity index (χ4v) is 2.87. The second-order valence-electron chi connectivity index (χ2n) is 6.73. The van der Waals surface area contributed by atoms with Gasteiger partial charge in [-0.2, -0.15) is 5.10 Å². The first-order chi connectivity index (χ1) is 16.8. The van der Waals surface area contributed by atoms with Crippen molar-refractivity contribution in [2.45, 2.75) is 0 Å². The second kappa shape index (κ2) is 11.4. The van der Waals surface area contributed by atoms with Crippen LogP contribution < -0.4 is 20.2 Å². The third-order valence-corrected chi connectivity index (χ3v) is 4.65. The van der Waals surface area contributed by atoms with Crippen LogP contribution in [0.3, 0.4) is 0 Å². The molecule has 178 valence electrons. The van der Waals surface area contributed by atoms with E-state index in [0.717, 1.165) is 0 Å². The number of hydrogen-bond donors (Lipinski definition) is 2. The van der Waals surface area contributed by atoms with Crippen molar-refractivity contribution in [3.8, 4) is 11.5 Å². The fraction of sp³-hybridized carbons (Fsp3) is 0.0435. The summed E-state index contributed by atoms with van der Waals surface area (Å²) in [7, 11) is 1.33. The van der Waals surface area contributed by atoms with Crippen molar-refractivity contribution in [2.24, 2.45) is 5.10 Å².